The number of nitrogens with zero attached hydrogens (tertiary/aromatic N) is 2. The highest BCUT2D eigenvalue weighted by atomic mass is 127. The molecule has 0 saturated carbocycles. The number of piperidine rings is 1. The van der Waals surface area contributed by atoms with Crippen LogP contribution in [0.25, 0.3) is 0 Å². The molecule has 1 unspecified atom stereocenters. The molecule has 3 rings (SSSR count). The molecule has 152 valence electrons. The Hall–Kier alpha value is -1.06. The number of hydrogen-bond donors (Lipinski definition) is 2. The minimum Gasteiger partial charge on any atom is -0.493 e. The zero-order chi connectivity index (χ0) is 18.6. The topological polar surface area (TPSA) is 72.1 Å². The molecule has 1 aromatic carbocycles. The largest absolute Gasteiger partial charge is 0.493 e. The highest BCUT2D eigenvalue weighted by Crippen LogP contribution is 2.31. The SMILES string of the molecule is COC1CCN(C(C)(C)CN=C(N)NC2CCOc3ccccc32)CC1.I. The third-order valence-electron chi connectivity index (χ3n) is 5.55. The van der Waals surface area contributed by atoms with Crippen LogP contribution in [0.4, 0.5) is 0 Å². The number of nitrogens with two attached hydrogens (primary N) is 1. The smallest absolute Gasteiger partial charge is 0.189 e. The Morgan fingerprint density at radius 1 is 1.30 bits per heavy atom. The van der Waals surface area contributed by atoms with Gasteiger partial charge >= 0.3 is 0 Å². The van der Waals surface area contributed by atoms with Crippen LogP contribution < -0.4 is 15.8 Å². The van der Waals surface area contributed by atoms with E-state index < -0.39 is 0 Å². The van der Waals surface area contributed by atoms with Crippen molar-refractivity contribution in [3.63, 3.8) is 0 Å². The van der Waals surface area contributed by atoms with E-state index in [1.807, 2.05) is 18.2 Å². The van der Waals surface area contributed by atoms with Gasteiger partial charge in [0, 0.05) is 37.7 Å². The Kier molecular flexibility index (Phi) is 8.18. The van der Waals surface area contributed by atoms with Gasteiger partial charge in [-0.15, -0.1) is 24.0 Å². The minimum absolute atomic E-state index is 0. The van der Waals surface area contributed by atoms with Gasteiger partial charge in [0.25, 0.3) is 0 Å². The normalized spacial score (nSPS) is 21.7. The summed E-state index contributed by atoms with van der Waals surface area (Å²) in [5.41, 5.74) is 7.34. The number of methoxy groups -OCH3 is 1. The van der Waals surface area contributed by atoms with Crippen LogP contribution in [0.3, 0.4) is 0 Å². The van der Waals surface area contributed by atoms with E-state index in [-0.39, 0.29) is 35.6 Å². The number of rotatable bonds is 5. The first kappa shape index (κ1) is 22.2. The molecular weight excluding hydrogens is 455 g/mol. The third-order valence-corrected chi connectivity index (χ3v) is 5.55. The molecule has 2 aliphatic heterocycles. The summed E-state index contributed by atoms with van der Waals surface area (Å²) in [6.07, 6.45) is 3.44. The van der Waals surface area contributed by atoms with Crippen LogP contribution in [0.5, 0.6) is 5.75 Å². The van der Waals surface area contributed by atoms with Gasteiger partial charge in [0.15, 0.2) is 5.96 Å². The van der Waals surface area contributed by atoms with E-state index in [0.29, 0.717) is 25.2 Å². The lowest BCUT2D eigenvalue weighted by Crippen LogP contribution is -2.51. The quantitative estimate of drug-likeness (QED) is 0.379. The number of nitrogens with one attached hydrogen (secondary N) is 1. The van der Waals surface area contributed by atoms with Crippen LogP contribution in [0.2, 0.25) is 0 Å². The van der Waals surface area contributed by atoms with E-state index in [1.54, 1.807) is 7.11 Å². The molecule has 1 fully saturated rings. The van der Waals surface area contributed by atoms with Crippen molar-refractivity contribution in [3.8, 4) is 5.75 Å². The zero-order valence-corrected chi connectivity index (χ0v) is 18.9. The lowest BCUT2D eigenvalue weighted by molar-refractivity contribution is 0.00909. The fourth-order valence-electron chi connectivity index (χ4n) is 3.79. The number of para-hydroxylation sites is 1. The Bertz CT molecular complexity index is 630. The van der Waals surface area contributed by atoms with Crippen LogP contribution in [0.1, 0.15) is 44.7 Å². The highest BCUT2D eigenvalue weighted by molar-refractivity contribution is 14.0. The van der Waals surface area contributed by atoms with E-state index in [1.165, 1.54) is 0 Å². The molecule has 1 atom stereocenters. The van der Waals surface area contributed by atoms with Crippen molar-refractivity contribution >= 4 is 29.9 Å². The highest BCUT2D eigenvalue weighted by Gasteiger charge is 2.30. The molecule has 0 amide bonds. The van der Waals surface area contributed by atoms with Crippen molar-refractivity contribution in [1.82, 2.24) is 10.2 Å². The fraction of sp³-hybridized carbons (Fsp3) is 0.650. The third kappa shape index (κ3) is 5.71. The van der Waals surface area contributed by atoms with Crippen LogP contribution >= 0.6 is 24.0 Å². The molecule has 7 heteroatoms. The first-order valence-electron chi connectivity index (χ1n) is 9.55. The van der Waals surface area contributed by atoms with Crippen molar-refractivity contribution in [2.24, 2.45) is 10.7 Å². The van der Waals surface area contributed by atoms with E-state index in [2.05, 4.69) is 35.1 Å². The molecular formula is C20H33IN4O2. The number of hydrogen-bond acceptors (Lipinski definition) is 4. The monoisotopic (exact) mass is 488 g/mol. The van der Waals surface area contributed by atoms with Gasteiger partial charge in [-0.05, 0) is 32.8 Å². The van der Waals surface area contributed by atoms with Crippen LogP contribution in [-0.4, -0.2) is 55.9 Å². The molecule has 1 saturated heterocycles. The maximum Gasteiger partial charge on any atom is 0.189 e. The Labute approximate surface area is 179 Å². The van der Waals surface area contributed by atoms with Gasteiger partial charge in [0.05, 0.1) is 25.3 Å². The van der Waals surface area contributed by atoms with Crippen LogP contribution in [0, 0.1) is 0 Å². The van der Waals surface area contributed by atoms with Crippen molar-refractivity contribution in [2.75, 3.05) is 33.4 Å². The molecule has 2 heterocycles. The Balaban J connectivity index is 0.00000261. The van der Waals surface area contributed by atoms with Crippen LogP contribution in [-0.2, 0) is 4.74 Å². The molecule has 3 N–H and O–H groups in total. The molecule has 2 aliphatic rings. The number of likely N-dealkylation sites (tertiary alicyclic amines) is 1. The molecule has 0 aliphatic carbocycles. The fourth-order valence-corrected chi connectivity index (χ4v) is 3.79. The second-order valence-corrected chi connectivity index (χ2v) is 7.81. The van der Waals surface area contributed by atoms with Gasteiger partial charge in [0.2, 0.25) is 0 Å². The van der Waals surface area contributed by atoms with E-state index in [4.69, 9.17) is 15.2 Å². The van der Waals surface area contributed by atoms with E-state index in [9.17, 15) is 0 Å². The summed E-state index contributed by atoms with van der Waals surface area (Å²) in [5.74, 6) is 1.44. The van der Waals surface area contributed by atoms with Gasteiger partial charge < -0.3 is 20.5 Å². The van der Waals surface area contributed by atoms with Gasteiger partial charge in [0.1, 0.15) is 5.75 Å². The molecule has 6 nitrogen and oxygen atoms in total. The molecule has 0 spiro atoms. The Morgan fingerprint density at radius 2 is 2.00 bits per heavy atom. The number of guanidine groups is 1. The standard InChI is InChI=1S/C20H32N4O2.HI/c1-20(2,24-11-8-15(25-3)9-12-24)14-22-19(21)23-17-10-13-26-18-7-5-4-6-16(17)18;/h4-7,15,17H,8-14H2,1-3H3,(H3,21,22,23);1H. The van der Waals surface area contributed by atoms with Gasteiger partial charge in [-0.25, -0.2) is 0 Å². The number of fused-ring (bicyclic) bond motifs is 1. The first-order valence-corrected chi connectivity index (χ1v) is 9.55. The summed E-state index contributed by atoms with van der Waals surface area (Å²) in [6, 6.07) is 8.27. The average molecular weight is 488 g/mol. The molecule has 0 bridgehead atoms. The van der Waals surface area contributed by atoms with Gasteiger partial charge in [-0.2, -0.15) is 0 Å². The maximum absolute atomic E-state index is 6.20. The predicted octanol–water partition coefficient (Wildman–Crippen LogP) is 2.92. The lowest BCUT2D eigenvalue weighted by Gasteiger charge is -2.42. The maximum atomic E-state index is 6.20. The van der Waals surface area contributed by atoms with E-state index >= 15 is 0 Å². The number of benzene rings is 1. The summed E-state index contributed by atoms with van der Waals surface area (Å²) in [7, 11) is 1.80. The number of halogens is 1. The number of ether oxygens (including phenoxy) is 2. The average Bonchev–Trinajstić information content (AvgIpc) is 2.67. The molecule has 1 aromatic rings. The van der Waals surface area contributed by atoms with E-state index in [0.717, 1.165) is 43.7 Å². The molecule has 0 aromatic heterocycles. The molecule has 27 heavy (non-hydrogen) atoms. The second kappa shape index (κ2) is 9.93. The zero-order valence-electron chi connectivity index (χ0n) is 16.6. The Morgan fingerprint density at radius 3 is 2.70 bits per heavy atom. The van der Waals surface area contributed by atoms with Crippen LogP contribution in [0.15, 0.2) is 29.3 Å². The minimum atomic E-state index is -0.0153. The van der Waals surface area contributed by atoms with Crippen molar-refractivity contribution in [1.29, 1.82) is 0 Å². The summed E-state index contributed by atoms with van der Waals surface area (Å²) >= 11 is 0. The van der Waals surface area contributed by atoms with Gasteiger partial charge in [-0.1, -0.05) is 18.2 Å². The second-order valence-electron chi connectivity index (χ2n) is 7.81. The lowest BCUT2D eigenvalue weighted by atomic mass is 9.97. The summed E-state index contributed by atoms with van der Waals surface area (Å²) in [4.78, 5) is 7.14. The first-order chi connectivity index (χ1) is 12.5. The summed E-state index contributed by atoms with van der Waals surface area (Å²) < 4.78 is 11.2. The summed E-state index contributed by atoms with van der Waals surface area (Å²) in [5, 5.41) is 3.38. The van der Waals surface area contributed by atoms with Gasteiger partial charge in [-0.3, -0.25) is 9.89 Å². The van der Waals surface area contributed by atoms with Crippen molar-refractivity contribution < 1.29 is 9.47 Å². The predicted molar refractivity (Wildman–Crippen MR) is 120 cm³/mol. The van der Waals surface area contributed by atoms with Crippen molar-refractivity contribution in [3.05, 3.63) is 29.8 Å². The number of aliphatic imine (C=N–C) groups is 1. The summed E-state index contributed by atoms with van der Waals surface area (Å²) in [6.45, 7) is 7.93. The molecule has 0 radical (unpaired) electrons. The van der Waals surface area contributed by atoms with Crippen molar-refractivity contribution in [2.45, 2.75) is 50.8 Å².